The lowest BCUT2D eigenvalue weighted by molar-refractivity contribution is -0.138. The highest BCUT2D eigenvalue weighted by atomic mass is 16.2. The molecular formula is C38H60N12O6. The van der Waals surface area contributed by atoms with Crippen LogP contribution in [-0.2, 0) is 24.0 Å². The molecule has 0 spiro atoms. The van der Waals surface area contributed by atoms with E-state index in [0.29, 0.717) is 57.6 Å². The summed E-state index contributed by atoms with van der Waals surface area (Å²) in [5.74, 6) is -1.54. The number of likely N-dealkylation sites (tertiary alicyclic amines) is 2. The third-order valence-electron chi connectivity index (χ3n) is 10.7. The van der Waals surface area contributed by atoms with Crippen LogP contribution in [0.3, 0.4) is 0 Å². The molecule has 0 aliphatic carbocycles. The maximum absolute atomic E-state index is 13.9. The van der Waals surface area contributed by atoms with E-state index in [1.54, 1.807) is 43.9 Å². The second kappa shape index (κ2) is 22.6. The number of rotatable bonds is 21. The fraction of sp³-hybridized carbons (Fsp3) is 0.658. The molecule has 308 valence electrons. The summed E-state index contributed by atoms with van der Waals surface area (Å²) in [5, 5.41) is 20.5. The minimum absolute atomic E-state index is 0.168. The third kappa shape index (κ3) is 12.8. The van der Waals surface area contributed by atoms with Crippen LogP contribution < -0.4 is 37.2 Å². The second-order valence-corrected chi connectivity index (χ2v) is 14.6. The molecular weight excluding hydrogens is 720 g/mol. The van der Waals surface area contributed by atoms with E-state index >= 15 is 0 Å². The van der Waals surface area contributed by atoms with E-state index in [-0.39, 0.29) is 59.8 Å². The lowest BCUT2D eigenvalue weighted by Gasteiger charge is -2.30. The van der Waals surface area contributed by atoms with Gasteiger partial charge in [-0.1, -0.05) is 25.7 Å². The minimum Gasteiger partial charge on any atom is -0.384 e. The Kier molecular flexibility index (Phi) is 17.6. The molecule has 3 aliphatic heterocycles. The van der Waals surface area contributed by atoms with Crippen molar-refractivity contribution < 1.29 is 28.8 Å². The summed E-state index contributed by atoms with van der Waals surface area (Å²) < 4.78 is 0. The zero-order valence-electron chi connectivity index (χ0n) is 33.1. The van der Waals surface area contributed by atoms with Gasteiger partial charge in [-0.25, -0.2) is 4.98 Å². The normalized spacial score (nSPS) is 19.9. The molecule has 18 nitrogen and oxygen atoms in total. The van der Waals surface area contributed by atoms with E-state index in [4.69, 9.17) is 0 Å². The van der Waals surface area contributed by atoms with Crippen LogP contribution in [0, 0.1) is 0 Å². The van der Waals surface area contributed by atoms with Crippen molar-refractivity contribution in [2.45, 2.75) is 114 Å². The first-order valence-electron chi connectivity index (χ1n) is 19.9. The molecule has 2 saturated heterocycles. The Hall–Kier alpha value is -4.97. The van der Waals surface area contributed by atoms with Crippen LogP contribution in [0.15, 0.2) is 36.0 Å². The van der Waals surface area contributed by atoms with Gasteiger partial charge in [0.2, 0.25) is 23.6 Å². The summed E-state index contributed by atoms with van der Waals surface area (Å²) >= 11 is 0. The van der Waals surface area contributed by atoms with Crippen molar-refractivity contribution in [2.75, 3.05) is 46.8 Å². The standard InChI is InChI=1S/C38H60N12O6/c1-25(39-3)33(51)47-29(37(55)49-19-9-11-27(49)21-45-35(53)31-23-41-15-17-43-31)13-7-5-6-8-14-30(48-34(52)26(2)40-4)38(56)50-20-10-12-28(50)22-46-36(54)32-24-42-16-18-44-32/h15-18,23,25-30,39-40,42H,5-14,19-22,24H2,1-4H3,(H,45,53)(H,46,54)(H,47,51)(H,48,52)/t25-,26-,27?,28?,29?,30?/m0/s1. The van der Waals surface area contributed by atoms with Gasteiger partial charge in [0.1, 0.15) is 23.5 Å². The van der Waals surface area contributed by atoms with Crippen LogP contribution in [0.4, 0.5) is 0 Å². The predicted octanol–water partition coefficient (Wildman–Crippen LogP) is -0.654. The Morgan fingerprint density at radius 1 is 0.768 bits per heavy atom. The van der Waals surface area contributed by atoms with Crippen LogP contribution >= 0.6 is 0 Å². The number of carbonyl (C=O) groups is 6. The lowest BCUT2D eigenvalue weighted by Crippen LogP contribution is -2.55. The highest BCUT2D eigenvalue weighted by molar-refractivity contribution is 6.40. The van der Waals surface area contributed by atoms with Gasteiger partial charge in [0.05, 0.1) is 24.8 Å². The summed E-state index contributed by atoms with van der Waals surface area (Å²) in [4.78, 5) is 94.7. The molecule has 18 heteroatoms. The molecule has 0 saturated carbocycles. The molecule has 0 aromatic carbocycles. The van der Waals surface area contributed by atoms with E-state index in [1.165, 1.54) is 24.8 Å². The van der Waals surface area contributed by atoms with E-state index in [9.17, 15) is 28.8 Å². The zero-order chi connectivity index (χ0) is 40.5. The topological polar surface area (TPSA) is 231 Å². The molecule has 6 amide bonds. The van der Waals surface area contributed by atoms with Gasteiger partial charge in [-0.15, -0.1) is 0 Å². The van der Waals surface area contributed by atoms with Crippen LogP contribution in [0.5, 0.6) is 0 Å². The number of likely N-dealkylation sites (N-methyl/N-ethyl adjacent to an activating group) is 2. The average Bonchev–Trinajstić information content (AvgIpc) is 3.91. The van der Waals surface area contributed by atoms with Gasteiger partial charge in [0, 0.05) is 63.1 Å². The first-order chi connectivity index (χ1) is 27.0. The first-order valence-corrected chi connectivity index (χ1v) is 19.9. The maximum Gasteiger partial charge on any atom is 0.271 e. The summed E-state index contributed by atoms with van der Waals surface area (Å²) in [6.45, 7) is 5.42. The van der Waals surface area contributed by atoms with E-state index in [1.807, 2.05) is 0 Å². The smallest absolute Gasteiger partial charge is 0.271 e. The van der Waals surface area contributed by atoms with Crippen molar-refractivity contribution in [3.63, 3.8) is 0 Å². The van der Waals surface area contributed by atoms with Crippen LogP contribution in [0.1, 0.15) is 88.5 Å². The van der Waals surface area contributed by atoms with Crippen LogP contribution in [0.25, 0.3) is 0 Å². The van der Waals surface area contributed by atoms with E-state index in [0.717, 1.165) is 38.5 Å². The number of unbranched alkanes of at least 4 members (excludes halogenated alkanes) is 3. The molecule has 4 rings (SSSR count). The number of hydrogen-bond acceptors (Lipinski definition) is 12. The minimum atomic E-state index is -0.739. The van der Waals surface area contributed by atoms with Gasteiger partial charge in [-0.3, -0.25) is 38.7 Å². The Morgan fingerprint density at radius 3 is 1.77 bits per heavy atom. The van der Waals surface area contributed by atoms with Gasteiger partial charge in [-0.2, -0.15) is 0 Å². The maximum atomic E-state index is 13.9. The van der Waals surface area contributed by atoms with Crippen LogP contribution in [0.2, 0.25) is 0 Å². The molecule has 0 radical (unpaired) electrons. The fourth-order valence-electron chi connectivity index (χ4n) is 7.05. The molecule has 7 N–H and O–H groups in total. The van der Waals surface area contributed by atoms with Crippen molar-refractivity contribution in [3.05, 3.63) is 36.7 Å². The van der Waals surface area contributed by atoms with Crippen molar-refractivity contribution in [2.24, 2.45) is 4.99 Å². The number of nitrogens with one attached hydrogen (secondary N) is 7. The van der Waals surface area contributed by atoms with Crippen molar-refractivity contribution in [3.8, 4) is 0 Å². The highest BCUT2D eigenvalue weighted by Gasteiger charge is 2.36. The fourth-order valence-corrected chi connectivity index (χ4v) is 7.05. The second-order valence-electron chi connectivity index (χ2n) is 14.6. The average molecular weight is 781 g/mol. The number of aromatic nitrogens is 2. The molecule has 1 aromatic rings. The summed E-state index contributed by atoms with van der Waals surface area (Å²) in [6.07, 6.45) is 14.2. The van der Waals surface area contributed by atoms with E-state index in [2.05, 4.69) is 52.2 Å². The quantitative estimate of drug-likeness (QED) is 0.0775. The molecule has 6 atom stereocenters. The van der Waals surface area contributed by atoms with Crippen LogP contribution in [-0.4, -0.2) is 144 Å². The molecule has 3 aliphatic rings. The Balaban J connectivity index is 1.31. The number of hydrogen-bond donors (Lipinski definition) is 7. The largest absolute Gasteiger partial charge is 0.384 e. The molecule has 2 fully saturated rings. The van der Waals surface area contributed by atoms with Crippen molar-refractivity contribution in [1.29, 1.82) is 0 Å². The zero-order valence-corrected chi connectivity index (χ0v) is 33.1. The number of nitrogens with zero attached hydrogens (tertiary/aromatic N) is 5. The van der Waals surface area contributed by atoms with Gasteiger partial charge >= 0.3 is 0 Å². The number of amides is 6. The van der Waals surface area contributed by atoms with Gasteiger partial charge < -0.3 is 47.0 Å². The molecule has 56 heavy (non-hydrogen) atoms. The van der Waals surface area contributed by atoms with Gasteiger partial charge in [0.15, 0.2) is 0 Å². The molecule has 4 heterocycles. The predicted molar refractivity (Wildman–Crippen MR) is 210 cm³/mol. The van der Waals surface area contributed by atoms with Gasteiger partial charge in [0.25, 0.3) is 11.8 Å². The summed E-state index contributed by atoms with van der Waals surface area (Å²) in [5.41, 5.74) is 0.573. The highest BCUT2D eigenvalue weighted by Crippen LogP contribution is 2.22. The Morgan fingerprint density at radius 2 is 1.30 bits per heavy atom. The van der Waals surface area contributed by atoms with Crippen molar-refractivity contribution >= 4 is 41.2 Å². The monoisotopic (exact) mass is 780 g/mol. The summed E-state index contributed by atoms with van der Waals surface area (Å²) in [6, 6.07) is -2.86. The lowest BCUT2D eigenvalue weighted by atomic mass is 10.0. The number of carbonyl (C=O) groups excluding carboxylic acids is 6. The van der Waals surface area contributed by atoms with E-state index < -0.39 is 24.2 Å². The number of aliphatic imine (C=N–C) groups is 1. The molecule has 1 aromatic heterocycles. The first kappa shape index (κ1) is 43.8. The summed E-state index contributed by atoms with van der Waals surface area (Å²) in [7, 11) is 3.37. The third-order valence-corrected chi connectivity index (χ3v) is 10.7. The molecule has 0 bridgehead atoms. The Labute approximate surface area is 329 Å². The molecule has 4 unspecified atom stereocenters. The van der Waals surface area contributed by atoms with Gasteiger partial charge in [-0.05, 0) is 66.5 Å². The SMILES string of the molecule is CN[C@@H](C)C(=O)NC(CCCCCCC(NC(=O)[C@H](C)NC)C(=O)N1CCCC1CNC(=O)c1cnccn1)C(=O)N1CCCC1CNC(=O)C1=NC=CNC1. The Bertz CT molecular complexity index is 1560. The van der Waals surface area contributed by atoms with Crippen molar-refractivity contribution in [1.82, 2.24) is 57.0 Å².